The van der Waals surface area contributed by atoms with Gasteiger partial charge in [-0.1, -0.05) is 90.0 Å². The van der Waals surface area contributed by atoms with Gasteiger partial charge in [0.05, 0.1) is 12.8 Å². The molecular formula is C24H39N3OS. The highest BCUT2D eigenvalue weighted by Crippen LogP contribution is 2.19. The number of aryl methyl sites for hydroxylation is 1. The van der Waals surface area contributed by atoms with Crippen LogP contribution in [0.25, 0.3) is 5.69 Å². The van der Waals surface area contributed by atoms with Crippen molar-refractivity contribution in [3.05, 3.63) is 34.9 Å². The van der Waals surface area contributed by atoms with E-state index in [1.165, 1.54) is 77.0 Å². The third-order valence-electron chi connectivity index (χ3n) is 5.56. The number of aromatic amines is 1. The number of hydrogen-bond acceptors (Lipinski definition) is 3. The molecule has 0 atom stereocenters. The second-order valence-corrected chi connectivity index (χ2v) is 8.36. The van der Waals surface area contributed by atoms with Crippen LogP contribution in [0.3, 0.4) is 0 Å². The third kappa shape index (κ3) is 8.73. The van der Waals surface area contributed by atoms with Crippen molar-refractivity contribution >= 4 is 12.2 Å². The molecular weight excluding hydrogens is 378 g/mol. The van der Waals surface area contributed by atoms with Crippen LogP contribution in [0.5, 0.6) is 5.75 Å². The largest absolute Gasteiger partial charge is 0.497 e. The standard InChI is InChI=1S/C24H39N3OS/c1-3-4-5-6-7-8-9-10-11-12-13-14-15-19-23-25-26-24(29)27(23)21-17-16-18-22(20-21)28-2/h16-18,20H,3-15,19H2,1-2H3,(H,26,29). The molecule has 0 aliphatic carbocycles. The smallest absolute Gasteiger partial charge is 0.199 e. The topological polar surface area (TPSA) is 42.8 Å². The monoisotopic (exact) mass is 417 g/mol. The van der Waals surface area contributed by atoms with E-state index in [0.29, 0.717) is 4.77 Å². The van der Waals surface area contributed by atoms with Crippen LogP contribution in [0.2, 0.25) is 0 Å². The highest BCUT2D eigenvalue weighted by molar-refractivity contribution is 7.71. The number of hydrogen-bond donors (Lipinski definition) is 1. The van der Waals surface area contributed by atoms with Gasteiger partial charge >= 0.3 is 0 Å². The minimum Gasteiger partial charge on any atom is -0.497 e. The van der Waals surface area contributed by atoms with Crippen LogP contribution in [-0.4, -0.2) is 21.9 Å². The summed E-state index contributed by atoms with van der Waals surface area (Å²) >= 11 is 5.44. The van der Waals surface area contributed by atoms with E-state index in [1.54, 1.807) is 7.11 Å². The molecule has 5 heteroatoms. The number of unbranched alkanes of at least 4 members (excludes halogenated alkanes) is 12. The van der Waals surface area contributed by atoms with Gasteiger partial charge in [-0.15, -0.1) is 0 Å². The molecule has 0 spiro atoms. The molecule has 1 N–H and O–H groups in total. The van der Waals surface area contributed by atoms with Crippen molar-refractivity contribution in [2.24, 2.45) is 0 Å². The minimum atomic E-state index is 0.642. The SMILES string of the molecule is CCCCCCCCCCCCCCCc1n[nH]c(=S)n1-c1cccc(OC)c1. The summed E-state index contributed by atoms with van der Waals surface area (Å²) in [5.41, 5.74) is 1.01. The molecule has 162 valence electrons. The van der Waals surface area contributed by atoms with Gasteiger partial charge in [0.15, 0.2) is 4.77 Å². The van der Waals surface area contributed by atoms with Crippen LogP contribution in [0.4, 0.5) is 0 Å². The van der Waals surface area contributed by atoms with Gasteiger partial charge < -0.3 is 4.74 Å². The van der Waals surface area contributed by atoms with Gasteiger partial charge in [0.1, 0.15) is 11.6 Å². The first-order valence-electron chi connectivity index (χ1n) is 11.6. The van der Waals surface area contributed by atoms with Crippen molar-refractivity contribution in [1.82, 2.24) is 14.8 Å². The quantitative estimate of drug-likeness (QED) is 0.226. The average molecular weight is 418 g/mol. The molecule has 2 aromatic rings. The van der Waals surface area contributed by atoms with Crippen LogP contribution < -0.4 is 4.74 Å². The van der Waals surface area contributed by atoms with Crippen LogP contribution in [0.15, 0.2) is 24.3 Å². The van der Waals surface area contributed by atoms with Crippen LogP contribution >= 0.6 is 12.2 Å². The van der Waals surface area contributed by atoms with Crippen molar-refractivity contribution in [3.8, 4) is 11.4 Å². The number of methoxy groups -OCH3 is 1. The predicted molar refractivity (Wildman–Crippen MR) is 125 cm³/mol. The van der Waals surface area contributed by atoms with Gasteiger partial charge in [-0.05, 0) is 30.8 Å². The second-order valence-electron chi connectivity index (χ2n) is 7.97. The lowest BCUT2D eigenvalue weighted by molar-refractivity contribution is 0.414. The van der Waals surface area contributed by atoms with E-state index < -0.39 is 0 Å². The summed E-state index contributed by atoms with van der Waals surface area (Å²) in [4.78, 5) is 0. The van der Waals surface area contributed by atoms with Crippen LogP contribution in [0.1, 0.15) is 96.2 Å². The Labute approximate surface area is 182 Å². The fourth-order valence-electron chi connectivity index (χ4n) is 3.81. The Morgan fingerprint density at radius 2 is 1.48 bits per heavy atom. The molecule has 0 aliphatic heterocycles. The molecule has 0 aliphatic rings. The Morgan fingerprint density at radius 3 is 2.07 bits per heavy atom. The van der Waals surface area contributed by atoms with Gasteiger partial charge in [-0.3, -0.25) is 9.67 Å². The summed E-state index contributed by atoms with van der Waals surface area (Å²) in [5.74, 6) is 1.84. The van der Waals surface area contributed by atoms with E-state index >= 15 is 0 Å². The lowest BCUT2D eigenvalue weighted by Crippen LogP contribution is -2.02. The van der Waals surface area contributed by atoms with E-state index in [-0.39, 0.29) is 0 Å². The van der Waals surface area contributed by atoms with Gasteiger partial charge in [0.2, 0.25) is 0 Å². The highest BCUT2D eigenvalue weighted by Gasteiger charge is 2.09. The molecule has 0 saturated carbocycles. The summed E-state index contributed by atoms with van der Waals surface area (Å²) < 4.78 is 8.00. The summed E-state index contributed by atoms with van der Waals surface area (Å²) in [6.45, 7) is 2.28. The zero-order valence-electron chi connectivity index (χ0n) is 18.4. The molecule has 29 heavy (non-hydrogen) atoms. The van der Waals surface area contributed by atoms with Crippen molar-refractivity contribution < 1.29 is 4.74 Å². The fraction of sp³-hybridized carbons (Fsp3) is 0.667. The normalized spacial score (nSPS) is 11.1. The zero-order chi connectivity index (χ0) is 20.7. The minimum absolute atomic E-state index is 0.642. The molecule has 1 aromatic carbocycles. The first-order valence-corrected chi connectivity index (χ1v) is 12.0. The number of benzene rings is 1. The van der Waals surface area contributed by atoms with Crippen LogP contribution in [0, 0.1) is 4.77 Å². The fourth-order valence-corrected chi connectivity index (χ4v) is 4.07. The molecule has 0 bridgehead atoms. The Bertz CT molecular complexity index is 738. The molecule has 0 radical (unpaired) electrons. The second kappa shape index (κ2) is 14.4. The molecule has 1 heterocycles. The van der Waals surface area contributed by atoms with E-state index in [0.717, 1.165) is 30.1 Å². The number of ether oxygens (including phenoxy) is 1. The van der Waals surface area contributed by atoms with E-state index in [2.05, 4.69) is 17.1 Å². The Kier molecular flexibility index (Phi) is 11.7. The maximum Gasteiger partial charge on any atom is 0.199 e. The average Bonchev–Trinajstić information content (AvgIpc) is 3.11. The predicted octanol–water partition coefficient (Wildman–Crippen LogP) is 7.57. The van der Waals surface area contributed by atoms with Crippen molar-refractivity contribution in [3.63, 3.8) is 0 Å². The van der Waals surface area contributed by atoms with E-state index in [1.807, 2.05) is 28.8 Å². The maximum absolute atomic E-state index is 5.44. The number of rotatable bonds is 16. The molecule has 0 fully saturated rings. The lowest BCUT2D eigenvalue weighted by atomic mass is 10.0. The zero-order valence-corrected chi connectivity index (χ0v) is 19.2. The first kappa shape index (κ1) is 23.7. The molecule has 0 saturated heterocycles. The van der Waals surface area contributed by atoms with Crippen LogP contribution in [-0.2, 0) is 6.42 Å². The molecule has 2 rings (SSSR count). The van der Waals surface area contributed by atoms with Crippen molar-refractivity contribution in [2.75, 3.05) is 7.11 Å². The highest BCUT2D eigenvalue weighted by atomic mass is 32.1. The van der Waals surface area contributed by atoms with Gasteiger partial charge in [0, 0.05) is 12.5 Å². The first-order chi connectivity index (χ1) is 14.3. The van der Waals surface area contributed by atoms with E-state index in [4.69, 9.17) is 17.0 Å². The van der Waals surface area contributed by atoms with Crippen molar-refractivity contribution in [1.29, 1.82) is 0 Å². The van der Waals surface area contributed by atoms with Gasteiger partial charge in [0.25, 0.3) is 0 Å². The van der Waals surface area contributed by atoms with Gasteiger partial charge in [-0.25, -0.2) is 0 Å². The molecule has 4 nitrogen and oxygen atoms in total. The third-order valence-corrected chi connectivity index (χ3v) is 5.83. The van der Waals surface area contributed by atoms with E-state index in [9.17, 15) is 0 Å². The lowest BCUT2D eigenvalue weighted by Gasteiger charge is -2.08. The Hall–Kier alpha value is -1.62. The Balaban J connectivity index is 1.60. The number of aromatic nitrogens is 3. The maximum atomic E-state index is 5.44. The summed E-state index contributed by atoms with van der Waals surface area (Å²) in [7, 11) is 1.68. The summed E-state index contributed by atoms with van der Waals surface area (Å²) in [6.07, 6.45) is 18.7. The molecule has 1 aromatic heterocycles. The summed E-state index contributed by atoms with van der Waals surface area (Å²) in [6, 6.07) is 7.97. The molecule has 0 amide bonds. The Morgan fingerprint density at radius 1 is 0.897 bits per heavy atom. The van der Waals surface area contributed by atoms with Gasteiger partial charge in [-0.2, -0.15) is 5.10 Å². The summed E-state index contributed by atoms with van der Waals surface area (Å²) in [5, 5.41) is 7.39. The molecule has 0 unspecified atom stereocenters. The number of H-pyrrole nitrogens is 1. The number of nitrogens with one attached hydrogen (secondary N) is 1. The number of nitrogens with zero attached hydrogens (tertiary/aromatic N) is 2. The van der Waals surface area contributed by atoms with Crippen molar-refractivity contribution in [2.45, 2.75) is 96.8 Å².